The van der Waals surface area contributed by atoms with Gasteiger partial charge in [-0.3, -0.25) is 4.79 Å². The third-order valence-electron chi connectivity index (χ3n) is 5.17. The summed E-state index contributed by atoms with van der Waals surface area (Å²) < 4.78 is 5.37. The number of anilines is 3. The van der Waals surface area contributed by atoms with Crippen LogP contribution in [0.3, 0.4) is 0 Å². The van der Waals surface area contributed by atoms with Crippen LogP contribution in [0.2, 0.25) is 5.02 Å². The SMILES string of the molecule is COc1ccccc1NC(=S)Nc1cccc(SC(C(=O)Nc2ccccc2Cl)c2ccccc2)c1. The molecule has 182 valence electrons. The predicted octanol–water partition coefficient (Wildman–Crippen LogP) is 7.63. The maximum absolute atomic E-state index is 13.3. The van der Waals surface area contributed by atoms with E-state index in [-0.39, 0.29) is 5.91 Å². The summed E-state index contributed by atoms with van der Waals surface area (Å²) in [6.07, 6.45) is 0. The predicted molar refractivity (Wildman–Crippen MR) is 154 cm³/mol. The number of methoxy groups -OCH3 is 1. The van der Waals surface area contributed by atoms with Crippen LogP contribution in [0.1, 0.15) is 10.8 Å². The first kappa shape index (κ1) is 25.6. The van der Waals surface area contributed by atoms with Crippen molar-refractivity contribution in [3.63, 3.8) is 0 Å². The highest BCUT2D eigenvalue weighted by atomic mass is 35.5. The first-order chi connectivity index (χ1) is 17.5. The van der Waals surface area contributed by atoms with E-state index in [0.717, 1.165) is 21.8 Å². The van der Waals surface area contributed by atoms with Crippen molar-refractivity contribution < 1.29 is 9.53 Å². The molecule has 0 spiro atoms. The number of carbonyl (C=O) groups is 1. The van der Waals surface area contributed by atoms with Gasteiger partial charge in [-0.2, -0.15) is 0 Å². The molecule has 8 heteroatoms. The highest BCUT2D eigenvalue weighted by Crippen LogP contribution is 2.37. The van der Waals surface area contributed by atoms with Crippen LogP contribution >= 0.6 is 35.6 Å². The standard InChI is InChI=1S/C28H24ClN3O2S2/c1-34-25-17-8-7-16-24(25)32-28(35)30-20-12-9-13-21(18-20)36-26(19-10-3-2-4-11-19)27(33)31-23-15-6-5-14-22(23)29/h2-18,26H,1H3,(H,31,33)(H2,30,32,35). The first-order valence-electron chi connectivity index (χ1n) is 11.1. The molecule has 0 radical (unpaired) electrons. The lowest BCUT2D eigenvalue weighted by Gasteiger charge is -2.18. The van der Waals surface area contributed by atoms with Gasteiger partial charge < -0.3 is 20.7 Å². The van der Waals surface area contributed by atoms with Crippen molar-refractivity contribution in [2.75, 3.05) is 23.1 Å². The average Bonchev–Trinajstić information content (AvgIpc) is 2.89. The summed E-state index contributed by atoms with van der Waals surface area (Å²) in [6.45, 7) is 0. The molecular formula is C28H24ClN3O2S2. The number of nitrogens with one attached hydrogen (secondary N) is 3. The van der Waals surface area contributed by atoms with Crippen LogP contribution in [0.5, 0.6) is 5.75 Å². The van der Waals surface area contributed by atoms with Crippen molar-refractivity contribution in [2.45, 2.75) is 10.1 Å². The summed E-state index contributed by atoms with van der Waals surface area (Å²) in [4.78, 5) is 14.3. The van der Waals surface area contributed by atoms with Crippen molar-refractivity contribution >= 4 is 63.7 Å². The number of thiocarbonyl (C=S) groups is 1. The Morgan fingerprint density at radius 2 is 1.53 bits per heavy atom. The van der Waals surface area contributed by atoms with Gasteiger partial charge in [0.1, 0.15) is 11.0 Å². The zero-order chi connectivity index (χ0) is 25.3. The molecule has 0 fully saturated rings. The van der Waals surface area contributed by atoms with Gasteiger partial charge in [0.15, 0.2) is 5.11 Å². The summed E-state index contributed by atoms with van der Waals surface area (Å²) in [6, 6.07) is 32.2. The largest absolute Gasteiger partial charge is 0.495 e. The number of amides is 1. The van der Waals surface area contributed by atoms with E-state index in [1.807, 2.05) is 91.0 Å². The summed E-state index contributed by atoms with van der Waals surface area (Å²) in [5.41, 5.74) is 3.03. The molecule has 0 saturated heterocycles. The number of hydrogen-bond donors (Lipinski definition) is 3. The van der Waals surface area contributed by atoms with Gasteiger partial charge in [-0.15, -0.1) is 11.8 Å². The second-order valence-corrected chi connectivity index (χ2v) is 9.68. The van der Waals surface area contributed by atoms with Crippen LogP contribution in [0.4, 0.5) is 17.1 Å². The molecule has 36 heavy (non-hydrogen) atoms. The minimum absolute atomic E-state index is 0.161. The fraction of sp³-hybridized carbons (Fsp3) is 0.0714. The van der Waals surface area contributed by atoms with Gasteiger partial charge in [-0.1, -0.05) is 72.3 Å². The molecule has 0 aliphatic carbocycles. The van der Waals surface area contributed by atoms with Gasteiger partial charge in [0.2, 0.25) is 5.91 Å². The quantitative estimate of drug-likeness (QED) is 0.160. The number of rotatable bonds is 8. The van der Waals surface area contributed by atoms with Crippen LogP contribution in [0.25, 0.3) is 0 Å². The number of hydrogen-bond acceptors (Lipinski definition) is 4. The maximum atomic E-state index is 13.3. The molecule has 5 nitrogen and oxygen atoms in total. The lowest BCUT2D eigenvalue weighted by molar-refractivity contribution is -0.115. The van der Waals surface area contributed by atoms with Gasteiger partial charge in [0, 0.05) is 10.6 Å². The molecule has 4 aromatic rings. The van der Waals surface area contributed by atoms with Crippen molar-refractivity contribution in [1.82, 2.24) is 0 Å². The van der Waals surface area contributed by atoms with Gasteiger partial charge in [-0.05, 0) is 60.2 Å². The Morgan fingerprint density at radius 1 is 0.833 bits per heavy atom. The first-order valence-corrected chi connectivity index (χ1v) is 12.8. The van der Waals surface area contributed by atoms with E-state index in [0.29, 0.717) is 21.6 Å². The number of para-hydroxylation sites is 3. The molecule has 0 heterocycles. The Bertz CT molecular complexity index is 1350. The van der Waals surface area contributed by atoms with Crippen molar-refractivity contribution in [3.8, 4) is 5.75 Å². The summed E-state index contributed by atoms with van der Waals surface area (Å²) >= 11 is 13.2. The van der Waals surface area contributed by atoms with Crippen LogP contribution in [-0.2, 0) is 4.79 Å². The Labute approximate surface area is 225 Å². The van der Waals surface area contributed by atoms with E-state index in [2.05, 4.69) is 16.0 Å². The van der Waals surface area contributed by atoms with Gasteiger partial charge in [-0.25, -0.2) is 0 Å². The molecule has 0 bridgehead atoms. The second-order valence-electron chi connectivity index (χ2n) is 7.68. The molecule has 1 atom stereocenters. The molecule has 4 rings (SSSR count). The molecular weight excluding hydrogens is 510 g/mol. The Morgan fingerprint density at radius 3 is 2.28 bits per heavy atom. The topological polar surface area (TPSA) is 62.4 Å². The Balaban J connectivity index is 1.50. The molecule has 1 amide bonds. The van der Waals surface area contributed by atoms with Crippen LogP contribution < -0.4 is 20.7 Å². The fourth-order valence-corrected chi connectivity index (χ4v) is 4.97. The molecule has 0 aliphatic rings. The van der Waals surface area contributed by atoms with E-state index in [1.54, 1.807) is 19.2 Å². The minimum Gasteiger partial charge on any atom is -0.495 e. The lowest BCUT2D eigenvalue weighted by atomic mass is 10.1. The summed E-state index contributed by atoms with van der Waals surface area (Å²) in [5.74, 6) is 0.534. The Kier molecular flexibility index (Phi) is 8.84. The van der Waals surface area contributed by atoms with E-state index >= 15 is 0 Å². The number of thioether (sulfide) groups is 1. The van der Waals surface area contributed by atoms with E-state index in [4.69, 9.17) is 28.6 Å². The number of benzene rings is 4. The smallest absolute Gasteiger partial charge is 0.242 e. The molecule has 1 unspecified atom stereocenters. The maximum Gasteiger partial charge on any atom is 0.242 e. The normalized spacial score (nSPS) is 11.3. The molecule has 4 aromatic carbocycles. The van der Waals surface area contributed by atoms with Crippen molar-refractivity contribution in [3.05, 3.63) is 114 Å². The third-order valence-corrected chi connectivity index (χ3v) is 6.95. The van der Waals surface area contributed by atoms with Crippen molar-refractivity contribution in [1.29, 1.82) is 0 Å². The molecule has 0 aromatic heterocycles. The monoisotopic (exact) mass is 533 g/mol. The van der Waals surface area contributed by atoms with E-state index in [1.165, 1.54) is 11.8 Å². The van der Waals surface area contributed by atoms with Crippen LogP contribution in [0.15, 0.2) is 108 Å². The fourth-order valence-electron chi connectivity index (χ4n) is 3.48. The zero-order valence-electron chi connectivity index (χ0n) is 19.4. The summed E-state index contributed by atoms with van der Waals surface area (Å²) in [5, 5.41) is 9.76. The van der Waals surface area contributed by atoms with Crippen molar-refractivity contribution in [2.24, 2.45) is 0 Å². The van der Waals surface area contributed by atoms with Gasteiger partial charge in [0.05, 0.1) is 23.5 Å². The summed E-state index contributed by atoms with van der Waals surface area (Å²) in [7, 11) is 1.61. The number of ether oxygens (including phenoxy) is 1. The zero-order valence-corrected chi connectivity index (χ0v) is 21.8. The van der Waals surface area contributed by atoms with Crippen LogP contribution in [-0.4, -0.2) is 18.1 Å². The van der Waals surface area contributed by atoms with Gasteiger partial charge in [0.25, 0.3) is 0 Å². The highest BCUT2D eigenvalue weighted by molar-refractivity contribution is 8.00. The van der Waals surface area contributed by atoms with E-state index in [9.17, 15) is 4.79 Å². The minimum atomic E-state index is -0.489. The molecule has 0 saturated carbocycles. The Hall–Kier alpha value is -3.52. The molecule has 3 N–H and O–H groups in total. The van der Waals surface area contributed by atoms with E-state index < -0.39 is 5.25 Å². The average molecular weight is 534 g/mol. The van der Waals surface area contributed by atoms with Crippen LogP contribution in [0, 0.1) is 0 Å². The third kappa shape index (κ3) is 6.79. The highest BCUT2D eigenvalue weighted by Gasteiger charge is 2.23. The second kappa shape index (κ2) is 12.4. The van der Waals surface area contributed by atoms with Gasteiger partial charge >= 0.3 is 0 Å². The molecule has 0 aliphatic heterocycles. The lowest BCUT2D eigenvalue weighted by Crippen LogP contribution is -2.20. The number of carbonyl (C=O) groups excluding carboxylic acids is 1. The number of halogens is 1.